The molecular weight excluding hydrogens is 388 g/mol. The highest BCUT2D eigenvalue weighted by molar-refractivity contribution is 6.31. The van der Waals surface area contributed by atoms with Gasteiger partial charge in [0.1, 0.15) is 0 Å². The third-order valence-corrected chi connectivity index (χ3v) is 6.52. The highest BCUT2D eigenvalue weighted by Gasteiger charge is 2.59. The zero-order valence-electron chi connectivity index (χ0n) is 15.8. The van der Waals surface area contributed by atoms with E-state index in [0.717, 1.165) is 12.0 Å². The zero-order valence-corrected chi connectivity index (χ0v) is 16.5. The number of carbonyl (C=O) groups is 3. The number of imide groups is 1. The van der Waals surface area contributed by atoms with Crippen LogP contribution in [0.1, 0.15) is 22.3 Å². The molecular formula is C23H19ClN2O3. The lowest BCUT2D eigenvalue weighted by Crippen LogP contribution is -2.33. The van der Waals surface area contributed by atoms with E-state index in [1.807, 2.05) is 13.0 Å². The molecule has 6 heteroatoms. The number of halogens is 1. The van der Waals surface area contributed by atoms with Gasteiger partial charge in [0.2, 0.25) is 11.8 Å². The Morgan fingerprint density at radius 1 is 1.03 bits per heavy atom. The quantitative estimate of drug-likeness (QED) is 0.613. The number of aryl methyl sites for hydroxylation is 1. The van der Waals surface area contributed by atoms with Crippen molar-refractivity contribution in [2.24, 2.45) is 23.7 Å². The molecule has 2 aliphatic carbocycles. The second-order valence-corrected chi connectivity index (χ2v) is 8.41. The molecule has 1 saturated heterocycles. The van der Waals surface area contributed by atoms with Crippen molar-refractivity contribution in [3.05, 3.63) is 70.8 Å². The summed E-state index contributed by atoms with van der Waals surface area (Å²) in [6.45, 7) is 1.88. The molecule has 146 valence electrons. The van der Waals surface area contributed by atoms with Crippen LogP contribution in [0.15, 0.2) is 54.6 Å². The first-order chi connectivity index (χ1) is 13.9. The summed E-state index contributed by atoms with van der Waals surface area (Å²) < 4.78 is 0. The molecule has 1 heterocycles. The van der Waals surface area contributed by atoms with E-state index in [9.17, 15) is 14.4 Å². The van der Waals surface area contributed by atoms with Gasteiger partial charge in [-0.05, 0) is 61.1 Å². The molecule has 0 unspecified atom stereocenters. The van der Waals surface area contributed by atoms with Crippen LogP contribution in [0.3, 0.4) is 0 Å². The minimum absolute atomic E-state index is 0.153. The van der Waals surface area contributed by atoms with Gasteiger partial charge in [-0.25, -0.2) is 4.90 Å². The van der Waals surface area contributed by atoms with Crippen LogP contribution in [0.25, 0.3) is 0 Å². The highest BCUT2D eigenvalue weighted by Crippen LogP contribution is 2.53. The Labute approximate surface area is 173 Å². The van der Waals surface area contributed by atoms with Crippen LogP contribution in [-0.4, -0.2) is 17.7 Å². The number of amides is 3. The third kappa shape index (κ3) is 2.80. The van der Waals surface area contributed by atoms with Crippen molar-refractivity contribution in [2.75, 3.05) is 10.2 Å². The molecule has 1 aliphatic heterocycles. The Morgan fingerprint density at radius 2 is 1.72 bits per heavy atom. The molecule has 4 atom stereocenters. The predicted octanol–water partition coefficient (Wildman–Crippen LogP) is 4.21. The maximum absolute atomic E-state index is 13.0. The van der Waals surface area contributed by atoms with Gasteiger partial charge >= 0.3 is 0 Å². The first kappa shape index (κ1) is 18.1. The number of allylic oxidation sites excluding steroid dienone is 2. The number of benzene rings is 2. The number of hydrogen-bond donors (Lipinski definition) is 1. The van der Waals surface area contributed by atoms with Gasteiger partial charge < -0.3 is 5.32 Å². The Hall–Kier alpha value is -2.92. The van der Waals surface area contributed by atoms with Gasteiger partial charge in [0.05, 0.1) is 17.5 Å². The van der Waals surface area contributed by atoms with E-state index in [4.69, 9.17) is 11.6 Å². The summed E-state index contributed by atoms with van der Waals surface area (Å²) in [6, 6.07) is 11.9. The van der Waals surface area contributed by atoms with Crippen LogP contribution in [0.2, 0.25) is 5.02 Å². The smallest absolute Gasteiger partial charge is 0.255 e. The average Bonchev–Trinajstić information content (AvgIpc) is 3.38. The number of nitrogens with zero attached hydrogens (tertiary/aromatic N) is 1. The minimum Gasteiger partial charge on any atom is -0.322 e. The lowest BCUT2D eigenvalue weighted by atomic mass is 9.85. The van der Waals surface area contributed by atoms with E-state index in [1.54, 1.807) is 36.4 Å². The van der Waals surface area contributed by atoms with Gasteiger partial charge in [0, 0.05) is 16.3 Å². The fourth-order valence-electron chi connectivity index (χ4n) is 4.87. The maximum Gasteiger partial charge on any atom is 0.255 e. The van der Waals surface area contributed by atoms with E-state index >= 15 is 0 Å². The van der Waals surface area contributed by atoms with E-state index < -0.39 is 0 Å². The SMILES string of the molecule is Cc1ccc(Cl)cc1NC(=O)c1cccc(N2C(=O)[C@@H]3[C@@H](C2=O)[C@H]2C=C[C@@H]3C2)c1. The molecule has 3 aliphatic rings. The monoisotopic (exact) mass is 406 g/mol. The summed E-state index contributed by atoms with van der Waals surface area (Å²) in [7, 11) is 0. The Balaban J connectivity index is 1.42. The van der Waals surface area contributed by atoms with Gasteiger partial charge in [-0.3, -0.25) is 14.4 Å². The van der Waals surface area contributed by atoms with Crippen LogP contribution >= 0.6 is 11.6 Å². The van der Waals surface area contributed by atoms with Crippen LogP contribution < -0.4 is 10.2 Å². The standard InChI is InChI=1S/C23H19ClN2O3/c1-12-5-8-16(24)11-18(12)25-21(27)15-3-2-4-17(10-15)26-22(28)19-13-6-7-14(9-13)20(19)23(26)29/h2-8,10-11,13-14,19-20H,9H2,1H3,(H,25,27)/t13-,14+,19-,20-/m0/s1. The lowest BCUT2D eigenvalue weighted by Gasteiger charge is -2.18. The molecule has 1 N–H and O–H groups in total. The molecule has 0 aromatic heterocycles. The van der Waals surface area contributed by atoms with Gasteiger partial charge in [-0.2, -0.15) is 0 Å². The average molecular weight is 407 g/mol. The van der Waals surface area contributed by atoms with Crippen LogP contribution in [-0.2, 0) is 9.59 Å². The molecule has 29 heavy (non-hydrogen) atoms. The van der Waals surface area contributed by atoms with Crippen molar-refractivity contribution >= 4 is 40.7 Å². The van der Waals surface area contributed by atoms with E-state index in [0.29, 0.717) is 22.0 Å². The Morgan fingerprint density at radius 3 is 2.41 bits per heavy atom. The number of carbonyl (C=O) groups excluding carboxylic acids is 3. The van der Waals surface area contributed by atoms with Crippen LogP contribution in [0, 0.1) is 30.6 Å². The molecule has 5 rings (SSSR count). The summed E-state index contributed by atoms with van der Waals surface area (Å²) in [5, 5.41) is 3.38. The van der Waals surface area contributed by atoms with Crippen molar-refractivity contribution in [3.63, 3.8) is 0 Å². The first-order valence-corrected chi connectivity index (χ1v) is 10.1. The van der Waals surface area contributed by atoms with Gasteiger partial charge in [0.25, 0.3) is 5.91 Å². The molecule has 2 aromatic carbocycles. The lowest BCUT2D eigenvalue weighted by molar-refractivity contribution is -0.123. The summed E-state index contributed by atoms with van der Waals surface area (Å²) >= 11 is 6.03. The van der Waals surface area contributed by atoms with Gasteiger partial charge in [-0.1, -0.05) is 35.9 Å². The van der Waals surface area contributed by atoms with Gasteiger partial charge in [0.15, 0.2) is 0 Å². The summed E-state index contributed by atoms with van der Waals surface area (Å²) in [5.74, 6) is -0.834. The topological polar surface area (TPSA) is 66.5 Å². The Bertz CT molecular complexity index is 1060. The molecule has 0 radical (unpaired) electrons. The van der Waals surface area contributed by atoms with Crippen LogP contribution in [0.5, 0.6) is 0 Å². The van der Waals surface area contributed by atoms with Crippen molar-refractivity contribution < 1.29 is 14.4 Å². The van der Waals surface area contributed by atoms with Crippen molar-refractivity contribution in [2.45, 2.75) is 13.3 Å². The summed E-state index contributed by atoms with van der Waals surface area (Å²) in [4.78, 5) is 40.0. The Kier molecular flexibility index (Phi) is 4.10. The second kappa shape index (κ2) is 6.56. The van der Waals surface area contributed by atoms with Gasteiger partial charge in [-0.15, -0.1) is 0 Å². The maximum atomic E-state index is 13.0. The normalized spacial score (nSPS) is 26.9. The van der Waals surface area contributed by atoms with E-state index in [2.05, 4.69) is 17.5 Å². The largest absolute Gasteiger partial charge is 0.322 e. The molecule has 0 spiro atoms. The summed E-state index contributed by atoms with van der Waals surface area (Å²) in [6.07, 6.45) is 5.03. The number of fused-ring (bicyclic) bond motifs is 5. The molecule has 1 saturated carbocycles. The second-order valence-electron chi connectivity index (χ2n) is 7.98. The van der Waals surface area contributed by atoms with Crippen molar-refractivity contribution in [3.8, 4) is 0 Å². The first-order valence-electron chi connectivity index (χ1n) is 9.68. The fraction of sp³-hybridized carbons (Fsp3) is 0.261. The van der Waals surface area contributed by atoms with E-state index in [1.165, 1.54) is 4.90 Å². The summed E-state index contributed by atoms with van der Waals surface area (Å²) in [5.41, 5.74) is 2.34. The molecule has 2 aromatic rings. The number of nitrogens with one attached hydrogen (secondary N) is 1. The van der Waals surface area contributed by atoms with Crippen molar-refractivity contribution in [1.82, 2.24) is 0 Å². The highest BCUT2D eigenvalue weighted by atomic mass is 35.5. The minimum atomic E-state index is -0.321. The number of hydrogen-bond acceptors (Lipinski definition) is 3. The molecule has 2 bridgehead atoms. The third-order valence-electron chi connectivity index (χ3n) is 6.28. The molecule has 2 fully saturated rings. The molecule has 5 nitrogen and oxygen atoms in total. The fourth-order valence-corrected chi connectivity index (χ4v) is 5.04. The molecule has 3 amide bonds. The van der Waals surface area contributed by atoms with Crippen molar-refractivity contribution in [1.29, 1.82) is 0 Å². The predicted molar refractivity (Wildman–Crippen MR) is 111 cm³/mol. The van der Waals surface area contributed by atoms with Crippen LogP contribution in [0.4, 0.5) is 11.4 Å². The zero-order chi connectivity index (χ0) is 20.3. The number of anilines is 2. The van der Waals surface area contributed by atoms with E-state index in [-0.39, 0.29) is 41.4 Å². The number of rotatable bonds is 3.